The number of halogens is 1. The molecule has 1 amide bonds. The molecule has 0 fully saturated rings. The summed E-state index contributed by atoms with van der Waals surface area (Å²) in [5.41, 5.74) is 3.14. The molecule has 0 atom stereocenters. The molecule has 0 unspecified atom stereocenters. The number of nitrogens with one attached hydrogen (secondary N) is 1. The van der Waals surface area contributed by atoms with Gasteiger partial charge in [-0.15, -0.1) is 11.3 Å². The monoisotopic (exact) mass is 447 g/mol. The van der Waals surface area contributed by atoms with Crippen LogP contribution >= 0.6 is 22.9 Å². The minimum atomic E-state index is -3.92. The maximum atomic E-state index is 13.1. The highest BCUT2D eigenvalue weighted by atomic mass is 35.5. The first-order chi connectivity index (χ1) is 13.9. The lowest BCUT2D eigenvalue weighted by Crippen LogP contribution is -2.39. The smallest absolute Gasteiger partial charge is 0.255 e. The molecule has 0 saturated carbocycles. The van der Waals surface area contributed by atoms with Crippen molar-refractivity contribution >= 4 is 45.1 Å². The van der Waals surface area contributed by atoms with Gasteiger partial charge in [0.2, 0.25) is 10.0 Å². The minimum absolute atomic E-state index is 0.0495. The highest BCUT2D eigenvalue weighted by Gasteiger charge is 2.26. The van der Waals surface area contributed by atoms with Gasteiger partial charge in [-0.3, -0.25) is 4.79 Å². The molecule has 2 aromatic carbocycles. The average Bonchev–Trinajstić information content (AvgIpc) is 3.22. The van der Waals surface area contributed by atoms with Gasteiger partial charge in [-0.25, -0.2) is 13.8 Å². The second-order valence-corrected chi connectivity index (χ2v) is 9.37. The van der Waals surface area contributed by atoms with Crippen molar-refractivity contribution in [3.05, 3.63) is 87.6 Å². The number of sulfonamides is 1. The SMILES string of the molecule is O=C(CN(Cc1ccccc1)S(=O)(=O)c1ccc(Cl)cc1)N/N=C\c1cccs1. The third kappa shape index (κ3) is 5.98. The van der Waals surface area contributed by atoms with Crippen LogP contribution in [0.25, 0.3) is 0 Å². The van der Waals surface area contributed by atoms with Gasteiger partial charge in [0, 0.05) is 16.4 Å². The summed E-state index contributed by atoms with van der Waals surface area (Å²) in [5.74, 6) is -0.536. The van der Waals surface area contributed by atoms with Crippen LogP contribution in [-0.2, 0) is 21.4 Å². The average molecular weight is 448 g/mol. The molecule has 1 N–H and O–H groups in total. The van der Waals surface area contributed by atoms with Gasteiger partial charge >= 0.3 is 0 Å². The molecule has 0 radical (unpaired) electrons. The van der Waals surface area contributed by atoms with Gasteiger partial charge in [-0.05, 0) is 41.3 Å². The number of nitrogens with zero attached hydrogens (tertiary/aromatic N) is 2. The Morgan fingerprint density at radius 2 is 1.79 bits per heavy atom. The normalized spacial score (nSPS) is 11.8. The number of hydrogen-bond acceptors (Lipinski definition) is 5. The van der Waals surface area contributed by atoms with Crippen LogP contribution < -0.4 is 5.43 Å². The van der Waals surface area contributed by atoms with Crippen molar-refractivity contribution in [1.82, 2.24) is 9.73 Å². The highest BCUT2D eigenvalue weighted by Crippen LogP contribution is 2.20. The van der Waals surface area contributed by atoms with E-state index in [0.29, 0.717) is 5.02 Å². The molecule has 0 aliphatic rings. The molecule has 0 spiro atoms. The Balaban J connectivity index is 1.78. The molecule has 1 heterocycles. The lowest BCUT2D eigenvalue weighted by Gasteiger charge is -2.21. The van der Waals surface area contributed by atoms with Crippen LogP contribution in [0.1, 0.15) is 10.4 Å². The zero-order chi connectivity index (χ0) is 20.7. The maximum Gasteiger partial charge on any atom is 0.255 e. The zero-order valence-corrected chi connectivity index (χ0v) is 17.6. The molecule has 0 bridgehead atoms. The summed E-state index contributed by atoms with van der Waals surface area (Å²) in [6, 6.07) is 18.6. The lowest BCUT2D eigenvalue weighted by atomic mass is 10.2. The van der Waals surface area contributed by atoms with Gasteiger partial charge in [-0.2, -0.15) is 9.41 Å². The summed E-state index contributed by atoms with van der Waals surface area (Å²) in [6.07, 6.45) is 1.51. The fraction of sp³-hybridized carbons (Fsp3) is 0.100. The predicted octanol–water partition coefficient (Wildman–Crippen LogP) is 3.74. The molecule has 1 aromatic heterocycles. The van der Waals surface area contributed by atoms with Gasteiger partial charge in [0.1, 0.15) is 0 Å². The van der Waals surface area contributed by atoms with Crippen molar-refractivity contribution in [2.45, 2.75) is 11.4 Å². The second-order valence-electron chi connectivity index (χ2n) is 6.02. The van der Waals surface area contributed by atoms with Crippen molar-refractivity contribution in [1.29, 1.82) is 0 Å². The fourth-order valence-corrected chi connectivity index (χ4v) is 4.59. The number of benzene rings is 2. The summed E-state index contributed by atoms with van der Waals surface area (Å²) < 4.78 is 27.3. The molecule has 3 aromatic rings. The van der Waals surface area contributed by atoms with Crippen LogP contribution in [-0.4, -0.2) is 31.4 Å². The van der Waals surface area contributed by atoms with Crippen LogP contribution in [0.15, 0.2) is 82.1 Å². The molecular formula is C20H18ClN3O3S2. The summed E-state index contributed by atoms with van der Waals surface area (Å²) in [4.78, 5) is 13.3. The maximum absolute atomic E-state index is 13.1. The Hall–Kier alpha value is -2.52. The van der Waals surface area contributed by atoms with Crippen molar-refractivity contribution in [2.24, 2.45) is 5.10 Å². The van der Waals surface area contributed by atoms with Crippen LogP contribution in [0.2, 0.25) is 5.02 Å². The molecule has 0 aliphatic carbocycles. The van der Waals surface area contributed by atoms with Crippen molar-refractivity contribution in [3.63, 3.8) is 0 Å². The first kappa shape index (κ1) is 21.2. The summed E-state index contributed by atoms with van der Waals surface area (Å²) in [5, 5.41) is 6.21. The zero-order valence-electron chi connectivity index (χ0n) is 15.2. The third-order valence-electron chi connectivity index (χ3n) is 3.90. The van der Waals surface area contributed by atoms with Crippen molar-refractivity contribution in [3.8, 4) is 0 Å². The summed E-state index contributed by atoms with van der Waals surface area (Å²) in [6.45, 7) is -0.324. The quantitative estimate of drug-likeness (QED) is 0.422. The van der Waals surface area contributed by atoms with Gasteiger partial charge < -0.3 is 0 Å². The number of rotatable bonds is 8. The largest absolute Gasteiger partial charge is 0.272 e. The molecule has 9 heteroatoms. The van der Waals surface area contributed by atoms with E-state index in [-0.39, 0.29) is 18.0 Å². The number of carbonyl (C=O) groups is 1. The van der Waals surface area contributed by atoms with E-state index in [1.165, 1.54) is 41.8 Å². The number of carbonyl (C=O) groups excluding carboxylic acids is 1. The Bertz CT molecular complexity index is 1070. The van der Waals surface area contributed by atoms with E-state index >= 15 is 0 Å². The van der Waals surface area contributed by atoms with E-state index in [9.17, 15) is 13.2 Å². The standard InChI is InChI=1S/C20H18ClN3O3S2/c21-17-8-10-19(11-9-17)29(26,27)24(14-16-5-2-1-3-6-16)15-20(25)23-22-13-18-7-4-12-28-18/h1-13H,14-15H2,(H,23,25)/b22-13-. The van der Waals surface area contributed by atoms with Crippen LogP contribution in [0.3, 0.4) is 0 Å². The molecule has 29 heavy (non-hydrogen) atoms. The third-order valence-corrected chi connectivity index (χ3v) is 6.76. The number of hydrogen-bond donors (Lipinski definition) is 1. The van der Waals surface area contributed by atoms with Gasteiger partial charge in [0.15, 0.2) is 0 Å². The first-order valence-corrected chi connectivity index (χ1v) is 11.3. The minimum Gasteiger partial charge on any atom is -0.272 e. The Morgan fingerprint density at radius 3 is 2.45 bits per heavy atom. The molecule has 6 nitrogen and oxygen atoms in total. The van der Waals surface area contributed by atoms with E-state index in [0.717, 1.165) is 14.7 Å². The molecule has 0 saturated heterocycles. The molecule has 3 rings (SSSR count). The second kappa shape index (κ2) is 9.80. The van der Waals surface area contributed by atoms with Crippen LogP contribution in [0.5, 0.6) is 0 Å². The van der Waals surface area contributed by atoms with E-state index in [2.05, 4.69) is 10.5 Å². The van der Waals surface area contributed by atoms with Gasteiger partial charge in [-0.1, -0.05) is 48.0 Å². The molecule has 0 aliphatic heterocycles. The fourth-order valence-electron chi connectivity index (χ4n) is 2.50. The van der Waals surface area contributed by atoms with Crippen molar-refractivity contribution in [2.75, 3.05) is 6.54 Å². The van der Waals surface area contributed by atoms with Crippen molar-refractivity contribution < 1.29 is 13.2 Å². The van der Waals surface area contributed by atoms with Gasteiger partial charge in [0.05, 0.1) is 17.7 Å². The Labute approximate surface area is 178 Å². The highest BCUT2D eigenvalue weighted by molar-refractivity contribution is 7.89. The summed E-state index contributed by atoms with van der Waals surface area (Å²) >= 11 is 7.34. The molecule has 150 valence electrons. The number of hydrazone groups is 1. The van der Waals surface area contributed by atoms with E-state index in [1.807, 2.05) is 35.7 Å². The first-order valence-electron chi connectivity index (χ1n) is 8.60. The van der Waals surface area contributed by atoms with E-state index in [4.69, 9.17) is 11.6 Å². The lowest BCUT2D eigenvalue weighted by molar-refractivity contribution is -0.121. The van der Waals surface area contributed by atoms with Crippen LogP contribution in [0, 0.1) is 0 Å². The predicted molar refractivity (Wildman–Crippen MR) is 116 cm³/mol. The number of amides is 1. The van der Waals surface area contributed by atoms with Crippen LogP contribution in [0.4, 0.5) is 0 Å². The van der Waals surface area contributed by atoms with E-state index in [1.54, 1.807) is 12.1 Å². The number of thiophene rings is 1. The topological polar surface area (TPSA) is 78.8 Å². The Morgan fingerprint density at radius 1 is 1.07 bits per heavy atom. The molecular weight excluding hydrogens is 430 g/mol. The van der Waals surface area contributed by atoms with E-state index < -0.39 is 15.9 Å². The summed E-state index contributed by atoms with van der Waals surface area (Å²) in [7, 11) is -3.92. The Kier molecular flexibility index (Phi) is 7.16. The van der Waals surface area contributed by atoms with Gasteiger partial charge in [0.25, 0.3) is 5.91 Å².